The number of methoxy groups -OCH3 is 2. The quantitative estimate of drug-likeness (QED) is 0.761. The zero-order valence-corrected chi connectivity index (χ0v) is 13.5. The van der Waals surface area contributed by atoms with Crippen LogP contribution in [0, 0.1) is 11.6 Å². The van der Waals surface area contributed by atoms with E-state index in [-0.39, 0.29) is 22.6 Å². The minimum absolute atomic E-state index is 0.149. The van der Waals surface area contributed by atoms with Gasteiger partial charge in [-0.1, -0.05) is 11.2 Å². The number of aliphatic hydroxyl groups is 1. The monoisotopic (exact) mass is 347 g/mol. The van der Waals surface area contributed by atoms with Crippen LogP contribution in [0.25, 0.3) is 22.6 Å². The highest BCUT2D eigenvalue weighted by molar-refractivity contribution is 5.77. The Bertz CT molecular complexity index is 888. The Morgan fingerprint density at radius 3 is 2.40 bits per heavy atom. The maximum Gasteiger partial charge on any atom is 0.178 e. The molecule has 1 aromatic heterocycles. The van der Waals surface area contributed by atoms with Gasteiger partial charge in [0.1, 0.15) is 28.8 Å². The molecule has 0 bridgehead atoms. The summed E-state index contributed by atoms with van der Waals surface area (Å²) in [6.45, 7) is -0.525. The van der Waals surface area contributed by atoms with E-state index in [1.54, 1.807) is 18.2 Å². The molecule has 3 rings (SSSR count). The van der Waals surface area contributed by atoms with E-state index in [0.717, 1.165) is 12.1 Å². The third-order valence-electron chi connectivity index (χ3n) is 3.80. The third-order valence-corrected chi connectivity index (χ3v) is 3.80. The van der Waals surface area contributed by atoms with E-state index in [1.165, 1.54) is 20.3 Å². The Morgan fingerprint density at radius 2 is 1.80 bits per heavy atom. The van der Waals surface area contributed by atoms with E-state index in [4.69, 9.17) is 14.0 Å². The molecule has 0 amide bonds. The summed E-state index contributed by atoms with van der Waals surface area (Å²) in [6, 6.07) is 8.44. The molecule has 2 aromatic carbocycles. The van der Waals surface area contributed by atoms with Crippen LogP contribution in [0.4, 0.5) is 8.78 Å². The van der Waals surface area contributed by atoms with Crippen LogP contribution in [0.3, 0.4) is 0 Å². The average molecular weight is 347 g/mol. The molecule has 0 aliphatic rings. The molecule has 130 valence electrons. The van der Waals surface area contributed by atoms with E-state index in [1.807, 2.05) is 0 Å². The van der Waals surface area contributed by atoms with E-state index < -0.39 is 18.2 Å². The summed E-state index contributed by atoms with van der Waals surface area (Å²) in [5.74, 6) is -0.811. The molecule has 5 nitrogen and oxygen atoms in total. The normalized spacial score (nSPS) is 10.8. The number of hydrogen-bond donors (Lipinski definition) is 1. The fourth-order valence-corrected chi connectivity index (χ4v) is 2.58. The Hall–Kier alpha value is -2.93. The highest BCUT2D eigenvalue weighted by Crippen LogP contribution is 2.39. The number of aromatic nitrogens is 1. The van der Waals surface area contributed by atoms with Crippen molar-refractivity contribution >= 4 is 0 Å². The van der Waals surface area contributed by atoms with Gasteiger partial charge in [-0.2, -0.15) is 0 Å². The molecule has 0 saturated heterocycles. The Labute approximate surface area is 142 Å². The largest absolute Gasteiger partial charge is 0.497 e. The maximum absolute atomic E-state index is 14.1. The second kappa shape index (κ2) is 6.90. The van der Waals surface area contributed by atoms with Crippen molar-refractivity contribution < 1.29 is 27.9 Å². The van der Waals surface area contributed by atoms with Gasteiger partial charge in [0.25, 0.3) is 0 Å². The second-order valence-corrected chi connectivity index (χ2v) is 5.16. The van der Waals surface area contributed by atoms with Crippen molar-refractivity contribution in [3.8, 4) is 34.1 Å². The van der Waals surface area contributed by atoms with Crippen LogP contribution in [-0.2, 0) is 6.61 Å². The smallest absolute Gasteiger partial charge is 0.178 e. The molecule has 0 aliphatic heterocycles. The van der Waals surface area contributed by atoms with Gasteiger partial charge in [-0.25, -0.2) is 8.78 Å². The average Bonchev–Trinajstić information content (AvgIpc) is 3.04. The summed E-state index contributed by atoms with van der Waals surface area (Å²) in [7, 11) is 2.98. The van der Waals surface area contributed by atoms with Gasteiger partial charge in [-0.05, 0) is 30.3 Å². The number of nitrogens with zero attached hydrogens (tertiary/aromatic N) is 1. The van der Waals surface area contributed by atoms with Gasteiger partial charge < -0.3 is 19.1 Å². The lowest BCUT2D eigenvalue weighted by Crippen LogP contribution is -1.95. The molecular formula is C18H15F2NO4. The minimum Gasteiger partial charge on any atom is -0.497 e. The van der Waals surface area contributed by atoms with Crippen molar-refractivity contribution in [2.75, 3.05) is 14.2 Å². The first-order valence-electron chi connectivity index (χ1n) is 7.36. The number of ether oxygens (including phenoxy) is 2. The summed E-state index contributed by atoms with van der Waals surface area (Å²) in [5.41, 5.74) is 0.455. The summed E-state index contributed by atoms with van der Waals surface area (Å²) in [4.78, 5) is 0. The van der Waals surface area contributed by atoms with Crippen molar-refractivity contribution in [2.45, 2.75) is 6.61 Å². The second-order valence-electron chi connectivity index (χ2n) is 5.16. The van der Waals surface area contributed by atoms with Crippen LogP contribution < -0.4 is 9.47 Å². The van der Waals surface area contributed by atoms with Crippen LogP contribution in [0.5, 0.6) is 11.5 Å². The molecule has 0 fully saturated rings. The minimum atomic E-state index is -0.810. The number of halogens is 2. The standard InChI is InChI=1S/C18H15F2NO4/c1-23-10-6-7-15(24-2)11(8-10)17-12(9-22)18(25-21-17)16-13(19)4-3-5-14(16)20/h3-8,22H,9H2,1-2H3. The van der Waals surface area contributed by atoms with E-state index in [0.29, 0.717) is 17.1 Å². The SMILES string of the molecule is COc1ccc(OC)c(-c2noc(-c3c(F)cccc3F)c2CO)c1. The fraction of sp³-hybridized carbons (Fsp3) is 0.167. The van der Waals surface area contributed by atoms with Crippen molar-refractivity contribution in [3.63, 3.8) is 0 Å². The number of hydrogen-bond acceptors (Lipinski definition) is 5. The van der Waals surface area contributed by atoms with Gasteiger partial charge in [0.15, 0.2) is 5.76 Å². The third kappa shape index (κ3) is 2.94. The van der Waals surface area contributed by atoms with Crippen LogP contribution in [0.1, 0.15) is 5.56 Å². The lowest BCUT2D eigenvalue weighted by molar-refractivity contribution is 0.281. The number of rotatable bonds is 5. The lowest BCUT2D eigenvalue weighted by atomic mass is 10.0. The first-order chi connectivity index (χ1) is 12.1. The maximum atomic E-state index is 14.1. The van der Waals surface area contributed by atoms with E-state index in [2.05, 4.69) is 5.16 Å². The zero-order valence-electron chi connectivity index (χ0n) is 13.5. The summed E-state index contributed by atoms with van der Waals surface area (Å²) >= 11 is 0. The lowest BCUT2D eigenvalue weighted by Gasteiger charge is -2.09. The predicted molar refractivity (Wildman–Crippen MR) is 86.3 cm³/mol. The highest BCUT2D eigenvalue weighted by atomic mass is 19.1. The molecule has 1 N–H and O–H groups in total. The Kier molecular flexibility index (Phi) is 4.67. The molecular weight excluding hydrogens is 332 g/mol. The topological polar surface area (TPSA) is 64.7 Å². The highest BCUT2D eigenvalue weighted by Gasteiger charge is 2.25. The zero-order chi connectivity index (χ0) is 18.0. The van der Waals surface area contributed by atoms with Crippen LogP contribution in [0.2, 0.25) is 0 Å². The van der Waals surface area contributed by atoms with Crippen molar-refractivity contribution in [3.05, 3.63) is 53.6 Å². The number of aliphatic hydroxyl groups excluding tert-OH is 1. The molecule has 7 heteroatoms. The summed E-state index contributed by atoms with van der Waals surface area (Å²) < 4.78 is 43.8. The van der Waals surface area contributed by atoms with Crippen molar-refractivity contribution in [1.82, 2.24) is 5.16 Å². The molecule has 0 saturated carbocycles. The van der Waals surface area contributed by atoms with Crippen LogP contribution in [-0.4, -0.2) is 24.5 Å². The van der Waals surface area contributed by atoms with Gasteiger partial charge in [0, 0.05) is 5.56 Å². The van der Waals surface area contributed by atoms with Gasteiger partial charge >= 0.3 is 0 Å². The van der Waals surface area contributed by atoms with Gasteiger partial charge in [0.2, 0.25) is 0 Å². The first-order valence-corrected chi connectivity index (χ1v) is 7.36. The van der Waals surface area contributed by atoms with Crippen molar-refractivity contribution in [1.29, 1.82) is 0 Å². The Morgan fingerprint density at radius 1 is 1.08 bits per heavy atom. The van der Waals surface area contributed by atoms with Gasteiger partial charge in [-0.15, -0.1) is 0 Å². The van der Waals surface area contributed by atoms with Crippen molar-refractivity contribution in [2.24, 2.45) is 0 Å². The molecule has 0 spiro atoms. The predicted octanol–water partition coefficient (Wildman–Crippen LogP) is 3.80. The molecule has 1 heterocycles. The molecule has 0 aliphatic carbocycles. The van der Waals surface area contributed by atoms with Crippen LogP contribution >= 0.6 is 0 Å². The molecule has 0 atom stereocenters. The molecule has 3 aromatic rings. The first kappa shape index (κ1) is 16.9. The van der Waals surface area contributed by atoms with E-state index >= 15 is 0 Å². The number of benzene rings is 2. The summed E-state index contributed by atoms with van der Waals surface area (Å²) in [6.07, 6.45) is 0. The van der Waals surface area contributed by atoms with E-state index in [9.17, 15) is 13.9 Å². The Balaban J connectivity index is 2.23. The fourth-order valence-electron chi connectivity index (χ4n) is 2.58. The van der Waals surface area contributed by atoms with Gasteiger partial charge in [0.05, 0.1) is 32.0 Å². The molecule has 0 radical (unpaired) electrons. The van der Waals surface area contributed by atoms with Crippen LogP contribution in [0.15, 0.2) is 40.9 Å². The molecule has 0 unspecified atom stereocenters. The van der Waals surface area contributed by atoms with Gasteiger partial charge in [-0.3, -0.25) is 0 Å². The molecule has 25 heavy (non-hydrogen) atoms. The summed E-state index contributed by atoms with van der Waals surface area (Å²) in [5, 5.41) is 13.7.